The van der Waals surface area contributed by atoms with E-state index in [1.165, 1.54) is 12.0 Å². The zero-order valence-electron chi connectivity index (χ0n) is 26.9. The standard InChI is InChI=1S/C35H45N3O9/c1-38(34(42)36-19-21-9-11-29-30(15-21)46-20-45-29)31-18-27(37-44-2)25-16-22(7-3-5-13-39)24(8-4-6-14-40)32-26-17-23(41)10-12-28(26)47-35(31,43)33(25)32/h9-12,15-17,22,24,31-33,39-41,43H,3-8,13-14,18-20H2,1-2H3,(H,36,42)/t22-,24+,31-,32+,33+,35+/m0/s1. The molecule has 0 saturated heterocycles. The molecule has 6 atom stereocenters. The minimum absolute atomic E-state index is 0.0256. The second kappa shape index (κ2) is 14.0. The van der Waals surface area contributed by atoms with Crippen LogP contribution in [0.15, 0.2) is 53.2 Å². The van der Waals surface area contributed by atoms with Crippen LogP contribution in [0.1, 0.15) is 62.0 Å². The Kier molecular flexibility index (Phi) is 9.81. The molecule has 0 aromatic heterocycles. The third-order valence-corrected chi connectivity index (χ3v) is 10.1. The summed E-state index contributed by atoms with van der Waals surface area (Å²) in [5.41, 5.74) is 3.06. The van der Waals surface area contributed by atoms with Gasteiger partial charge in [-0.25, -0.2) is 4.79 Å². The second-order valence-corrected chi connectivity index (χ2v) is 12.9. The number of fused-ring (bicyclic) bond motifs is 3. The van der Waals surface area contributed by atoms with Gasteiger partial charge in [-0.3, -0.25) is 0 Å². The van der Waals surface area contributed by atoms with E-state index in [-0.39, 0.29) is 56.5 Å². The number of amides is 2. The number of oxime groups is 1. The maximum absolute atomic E-state index is 13.7. The zero-order valence-corrected chi connectivity index (χ0v) is 26.9. The van der Waals surface area contributed by atoms with E-state index in [9.17, 15) is 25.2 Å². The first-order valence-electron chi connectivity index (χ1n) is 16.5. The molecule has 2 aromatic carbocycles. The van der Waals surface area contributed by atoms with Crippen LogP contribution in [0.25, 0.3) is 0 Å². The third-order valence-electron chi connectivity index (χ3n) is 10.1. The fourth-order valence-corrected chi connectivity index (χ4v) is 7.97. The molecule has 12 nitrogen and oxygen atoms in total. The Labute approximate surface area is 274 Å². The van der Waals surface area contributed by atoms with Gasteiger partial charge in [0.2, 0.25) is 12.6 Å². The van der Waals surface area contributed by atoms with E-state index in [0.29, 0.717) is 35.8 Å². The fourth-order valence-electron chi connectivity index (χ4n) is 7.97. The first-order valence-corrected chi connectivity index (χ1v) is 16.5. The number of carbonyl (C=O) groups excluding carboxylic acids is 1. The number of aliphatic hydroxyl groups excluding tert-OH is 2. The van der Waals surface area contributed by atoms with Gasteiger partial charge in [0.05, 0.1) is 11.6 Å². The maximum atomic E-state index is 13.7. The Morgan fingerprint density at radius 3 is 2.55 bits per heavy atom. The number of aliphatic hydroxyl groups is 3. The van der Waals surface area contributed by atoms with Gasteiger partial charge in [0.25, 0.3) is 0 Å². The molecule has 0 unspecified atom stereocenters. The van der Waals surface area contributed by atoms with E-state index in [4.69, 9.17) is 19.0 Å². The number of urea groups is 1. The van der Waals surface area contributed by atoms with E-state index in [1.807, 2.05) is 12.1 Å². The third kappa shape index (κ3) is 6.33. The van der Waals surface area contributed by atoms with Crippen molar-refractivity contribution in [2.24, 2.45) is 22.9 Å². The van der Waals surface area contributed by atoms with Crippen LogP contribution in [0.5, 0.6) is 23.0 Å². The van der Waals surface area contributed by atoms with Crippen molar-refractivity contribution in [2.45, 2.75) is 69.2 Å². The van der Waals surface area contributed by atoms with Gasteiger partial charge in [-0.05, 0) is 79.0 Å². The summed E-state index contributed by atoms with van der Waals surface area (Å²) in [5, 5.41) is 50.0. The molecule has 6 rings (SSSR count). The van der Waals surface area contributed by atoms with Gasteiger partial charge < -0.3 is 49.7 Å². The molecule has 2 aromatic rings. The van der Waals surface area contributed by atoms with Gasteiger partial charge in [0.15, 0.2) is 11.5 Å². The summed E-state index contributed by atoms with van der Waals surface area (Å²) >= 11 is 0. The molecule has 0 spiro atoms. The quantitative estimate of drug-likeness (QED) is 0.169. The van der Waals surface area contributed by atoms with Gasteiger partial charge in [-0.2, -0.15) is 0 Å². The number of unbranched alkanes of at least 4 members (excludes halogenated alkanes) is 2. The van der Waals surface area contributed by atoms with Crippen LogP contribution in [0, 0.1) is 17.8 Å². The monoisotopic (exact) mass is 651 g/mol. The topological polar surface area (TPSA) is 163 Å². The first-order chi connectivity index (χ1) is 22.8. The number of rotatable bonds is 12. The second-order valence-electron chi connectivity index (χ2n) is 12.9. The first kappa shape index (κ1) is 32.9. The predicted molar refractivity (Wildman–Crippen MR) is 172 cm³/mol. The van der Waals surface area contributed by atoms with E-state index >= 15 is 0 Å². The number of nitrogens with zero attached hydrogens (tertiary/aromatic N) is 2. The van der Waals surface area contributed by atoms with Gasteiger partial charge in [0.1, 0.15) is 24.7 Å². The summed E-state index contributed by atoms with van der Waals surface area (Å²) in [4.78, 5) is 20.5. The van der Waals surface area contributed by atoms with Crippen molar-refractivity contribution in [3.05, 3.63) is 59.2 Å². The number of carbonyl (C=O) groups is 1. The van der Waals surface area contributed by atoms with Gasteiger partial charge in [-0.15, -0.1) is 0 Å². The molecule has 2 aliphatic carbocycles. The van der Waals surface area contributed by atoms with Crippen LogP contribution in [-0.4, -0.2) is 83.1 Å². The van der Waals surface area contributed by atoms with Crippen molar-refractivity contribution in [1.29, 1.82) is 0 Å². The number of benzene rings is 2. The van der Waals surface area contributed by atoms with E-state index < -0.39 is 23.8 Å². The number of hydrogen-bond donors (Lipinski definition) is 5. The Balaban J connectivity index is 1.37. The summed E-state index contributed by atoms with van der Waals surface area (Å²) in [6, 6.07) is 9.18. The van der Waals surface area contributed by atoms with Crippen molar-refractivity contribution in [3.63, 3.8) is 0 Å². The van der Waals surface area contributed by atoms with Crippen LogP contribution in [0.4, 0.5) is 4.79 Å². The molecule has 1 fully saturated rings. The SMILES string of the molecule is CON=C1C[C@H](N(C)C(=O)NCc2ccc3c(c2)OCO3)[C@@]2(O)Oc3ccc(O)cc3[C@H]3[C@H](CCCCO)[C@@H](CCCCO)C=C1[C@H]32. The average molecular weight is 652 g/mol. The van der Waals surface area contributed by atoms with E-state index in [1.54, 1.807) is 31.3 Å². The predicted octanol–water partition coefficient (Wildman–Crippen LogP) is 4.02. The average Bonchev–Trinajstić information content (AvgIpc) is 3.54. The molecular formula is C35H45N3O9. The number of allylic oxidation sites excluding steroid dienone is 1. The normalized spacial score (nSPS) is 27.7. The highest BCUT2D eigenvalue weighted by atomic mass is 16.7. The Hall–Kier alpha value is -4.00. The molecule has 0 radical (unpaired) electrons. The summed E-state index contributed by atoms with van der Waals surface area (Å²) in [6.07, 6.45) is 6.86. The number of nitrogens with one attached hydrogen (secondary N) is 1. The van der Waals surface area contributed by atoms with Crippen LogP contribution < -0.4 is 19.5 Å². The lowest BCUT2D eigenvalue weighted by atomic mass is 9.55. The zero-order chi connectivity index (χ0) is 33.1. The van der Waals surface area contributed by atoms with Crippen LogP contribution >= 0.6 is 0 Å². The molecule has 5 N–H and O–H groups in total. The molecular weight excluding hydrogens is 606 g/mol. The van der Waals surface area contributed by atoms with Crippen molar-refractivity contribution in [1.82, 2.24) is 10.2 Å². The molecule has 254 valence electrons. The lowest BCUT2D eigenvalue weighted by Gasteiger charge is -2.58. The van der Waals surface area contributed by atoms with E-state index in [0.717, 1.165) is 42.4 Å². The molecule has 47 heavy (non-hydrogen) atoms. The number of ether oxygens (including phenoxy) is 3. The molecule has 0 bridgehead atoms. The Morgan fingerprint density at radius 2 is 1.79 bits per heavy atom. The van der Waals surface area contributed by atoms with Crippen molar-refractivity contribution < 1.29 is 44.3 Å². The number of hydrogen-bond acceptors (Lipinski definition) is 10. The lowest BCUT2D eigenvalue weighted by Crippen LogP contribution is -2.69. The van der Waals surface area contributed by atoms with Gasteiger partial charge in [0, 0.05) is 44.7 Å². The van der Waals surface area contributed by atoms with Crippen molar-refractivity contribution in [3.8, 4) is 23.0 Å². The minimum Gasteiger partial charge on any atom is -0.508 e. The molecule has 2 heterocycles. The number of likely N-dealkylation sites (N-methyl/N-ethyl adjacent to an activating group) is 1. The highest BCUT2D eigenvalue weighted by molar-refractivity contribution is 6.03. The largest absolute Gasteiger partial charge is 0.508 e. The van der Waals surface area contributed by atoms with Crippen molar-refractivity contribution >= 4 is 11.7 Å². The smallest absolute Gasteiger partial charge is 0.317 e. The molecule has 2 amide bonds. The summed E-state index contributed by atoms with van der Waals surface area (Å²) in [6.45, 7) is 0.579. The van der Waals surface area contributed by atoms with Gasteiger partial charge >= 0.3 is 6.03 Å². The molecule has 1 saturated carbocycles. The fraction of sp³-hybridized carbons (Fsp3) is 0.543. The van der Waals surface area contributed by atoms with Crippen LogP contribution in [0.2, 0.25) is 0 Å². The Morgan fingerprint density at radius 1 is 1.04 bits per heavy atom. The summed E-state index contributed by atoms with van der Waals surface area (Å²) in [7, 11) is 3.12. The van der Waals surface area contributed by atoms with Crippen LogP contribution in [-0.2, 0) is 11.4 Å². The maximum Gasteiger partial charge on any atom is 0.317 e. The summed E-state index contributed by atoms with van der Waals surface area (Å²) < 4.78 is 17.4. The number of aromatic hydroxyl groups is 1. The number of phenols is 1. The van der Waals surface area contributed by atoms with Crippen molar-refractivity contribution in [2.75, 3.05) is 34.2 Å². The molecule has 2 aliphatic heterocycles. The van der Waals surface area contributed by atoms with Crippen LogP contribution in [0.3, 0.4) is 0 Å². The summed E-state index contributed by atoms with van der Waals surface area (Å²) in [5.74, 6) is -0.801. The molecule has 4 aliphatic rings. The minimum atomic E-state index is -1.83. The Bertz CT molecular complexity index is 1510. The lowest BCUT2D eigenvalue weighted by molar-refractivity contribution is -0.226. The highest BCUT2D eigenvalue weighted by Crippen LogP contribution is 2.60. The highest BCUT2D eigenvalue weighted by Gasteiger charge is 2.63. The molecule has 12 heteroatoms. The van der Waals surface area contributed by atoms with E-state index in [2.05, 4.69) is 16.5 Å². The van der Waals surface area contributed by atoms with Gasteiger partial charge in [-0.1, -0.05) is 30.1 Å². The number of phenolic OH excluding ortho intramolecular Hbond substituents is 1.